The minimum Gasteiger partial charge on any atom is -0.497 e. The number of benzene rings is 4. The van der Waals surface area contributed by atoms with E-state index in [0.717, 1.165) is 4.40 Å². The maximum Gasteiger partial charge on any atom is 0.269 e. The van der Waals surface area contributed by atoms with Crippen molar-refractivity contribution in [2.75, 3.05) is 19.5 Å². The van der Waals surface area contributed by atoms with Gasteiger partial charge in [0.15, 0.2) is 0 Å². The monoisotopic (exact) mass is 517 g/mol. The van der Waals surface area contributed by atoms with Crippen molar-refractivity contribution in [2.45, 2.75) is 0 Å². The largest absolute Gasteiger partial charge is 0.497 e. The molecular formula is C30H23N5O4. The van der Waals surface area contributed by atoms with Crippen molar-refractivity contribution in [1.82, 2.24) is 14.0 Å². The third-order valence-electron chi connectivity index (χ3n) is 6.40. The van der Waals surface area contributed by atoms with Gasteiger partial charge in [-0.2, -0.15) is 0 Å². The molecule has 4 aromatic carbocycles. The van der Waals surface area contributed by atoms with Crippen molar-refractivity contribution >= 4 is 44.9 Å². The Morgan fingerprint density at radius 3 is 2.03 bits per heavy atom. The smallest absolute Gasteiger partial charge is 0.269 e. The summed E-state index contributed by atoms with van der Waals surface area (Å²) < 4.78 is 13.4. The summed E-state index contributed by atoms with van der Waals surface area (Å²) in [5.74, 6) is 1.86. The zero-order chi connectivity index (χ0) is 26.9. The number of aromatic nitrogens is 3. The number of nitrogens with zero attached hydrogens (tertiary/aromatic N) is 4. The highest BCUT2D eigenvalue weighted by molar-refractivity contribution is 6.04. The number of nitrogens with one attached hydrogen (secondary N) is 1. The fourth-order valence-corrected chi connectivity index (χ4v) is 4.46. The van der Waals surface area contributed by atoms with E-state index in [9.17, 15) is 9.59 Å². The molecule has 0 aliphatic rings. The fraction of sp³-hybridized carbons (Fsp3) is 0.0667. The van der Waals surface area contributed by atoms with Crippen molar-refractivity contribution in [3.8, 4) is 11.5 Å². The van der Waals surface area contributed by atoms with Gasteiger partial charge in [0.2, 0.25) is 11.7 Å². The van der Waals surface area contributed by atoms with E-state index < -0.39 is 11.1 Å². The van der Waals surface area contributed by atoms with Gasteiger partial charge in [-0.15, -0.1) is 0 Å². The topological polar surface area (TPSA) is 99.2 Å². The first-order chi connectivity index (χ1) is 19.1. The number of hydrogen-bond acceptors (Lipinski definition) is 6. The molecule has 0 aliphatic carbocycles. The summed E-state index contributed by atoms with van der Waals surface area (Å²) in [6.45, 7) is 0. The number of rotatable bonds is 4. The molecule has 0 atom stereocenters. The normalized spacial score (nSPS) is 11.7. The summed E-state index contributed by atoms with van der Waals surface area (Å²) in [6.07, 6.45) is 0. The molecule has 9 heteroatoms. The lowest BCUT2D eigenvalue weighted by Gasteiger charge is -2.18. The molecule has 1 N–H and O–H groups in total. The second kappa shape index (κ2) is 9.79. The van der Waals surface area contributed by atoms with E-state index in [1.807, 2.05) is 54.6 Å². The molecule has 0 unspecified atom stereocenters. The molecule has 0 saturated carbocycles. The zero-order valence-electron chi connectivity index (χ0n) is 21.2. The third kappa shape index (κ3) is 4.25. The van der Waals surface area contributed by atoms with Crippen molar-refractivity contribution in [2.24, 2.45) is 4.99 Å². The average Bonchev–Trinajstić information content (AvgIpc) is 2.98. The Morgan fingerprint density at radius 2 is 1.33 bits per heavy atom. The summed E-state index contributed by atoms with van der Waals surface area (Å²) in [5, 5.41) is 4.07. The van der Waals surface area contributed by atoms with Gasteiger partial charge in [-0.1, -0.05) is 24.3 Å². The lowest BCUT2D eigenvalue weighted by atomic mass is 10.2. The molecule has 0 amide bonds. The van der Waals surface area contributed by atoms with Crippen molar-refractivity contribution < 1.29 is 9.47 Å². The predicted molar refractivity (Wildman–Crippen MR) is 153 cm³/mol. The molecular weight excluding hydrogens is 494 g/mol. The molecule has 0 spiro atoms. The van der Waals surface area contributed by atoms with Gasteiger partial charge in [-0.25, -0.2) is 18.9 Å². The van der Waals surface area contributed by atoms with Crippen molar-refractivity contribution in [3.63, 3.8) is 0 Å². The number of methoxy groups -OCH3 is 2. The number of ether oxygens (including phenoxy) is 2. The van der Waals surface area contributed by atoms with Crippen LogP contribution in [-0.2, 0) is 0 Å². The van der Waals surface area contributed by atoms with Crippen LogP contribution in [0.4, 0.5) is 11.4 Å². The molecule has 2 aromatic heterocycles. The van der Waals surface area contributed by atoms with Gasteiger partial charge < -0.3 is 14.8 Å². The number of aliphatic imine (C=N–C) groups is 1. The van der Waals surface area contributed by atoms with E-state index in [2.05, 4.69) is 5.32 Å². The Balaban J connectivity index is 1.70. The summed E-state index contributed by atoms with van der Waals surface area (Å²) in [7, 11) is 3.20. The Kier molecular flexibility index (Phi) is 6.01. The lowest BCUT2D eigenvalue weighted by molar-refractivity contribution is 0.415. The molecule has 2 heterocycles. The Morgan fingerprint density at radius 1 is 0.744 bits per heavy atom. The molecule has 0 bridgehead atoms. The third-order valence-corrected chi connectivity index (χ3v) is 6.40. The van der Waals surface area contributed by atoms with Gasteiger partial charge in [0.25, 0.3) is 11.1 Å². The first-order valence-corrected chi connectivity index (χ1v) is 12.2. The standard InChI is InChI=1S/C30H23N5O4/c1-38-21-15-11-19(12-16-21)31-29(32-20-13-17-22(39-2)18-14-20)34-26-10-6-4-8-24(26)28(37)35-27(36)23-7-3-5-9-25(23)33-30(34)35/h3-18H,1-2H3,(H,31,32). The van der Waals surface area contributed by atoms with E-state index in [4.69, 9.17) is 19.5 Å². The summed E-state index contributed by atoms with van der Waals surface area (Å²) in [4.78, 5) is 36.9. The molecule has 0 radical (unpaired) electrons. The quantitative estimate of drug-likeness (QED) is 0.204. The van der Waals surface area contributed by atoms with Gasteiger partial charge in [-0.3, -0.25) is 9.59 Å². The van der Waals surface area contributed by atoms with E-state index in [1.54, 1.807) is 61.3 Å². The first kappa shape index (κ1) is 23.9. The minimum absolute atomic E-state index is 0.135. The van der Waals surface area contributed by atoms with E-state index in [-0.39, 0.29) is 5.78 Å². The highest BCUT2D eigenvalue weighted by Gasteiger charge is 2.19. The second-order valence-electron chi connectivity index (χ2n) is 8.71. The number of anilines is 1. The van der Waals surface area contributed by atoms with Crippen molar-refractivity contribution in [1.29, 1.82) is 0 Å². The minimum atomic E-state index is -0.451. The highest BCUT2D eigenvalue weighted by Crippen LogP contribution is 2.22. The van der Waals surface area contributed by atoms with Crippen LogP contribution in [0.2, 0.25) is 0 Å². The molecule has 192 valence electrons. The van der Waals surface area contributed by atoms with Crippen LogP contribution in [0.5, 0.6) is 11.5 Å². The van der Waals surface area contributed by atoms with Crippen LogP contribution >= 0.6 is 0 Å². The van der Waals surface area contributed by atoms with E-state index >= 15 is 0 Å². The molecule has 39 heavy (non-hydrogen) atoms. The maximum atomic E-state index is 13.6. The van der Waals surface area contributed by atoms with Crippen molar-refractivity contribution in [3.05, 3.63) is 118 Å². The van der Waals surface area contributed by atoms with Crippen LogP contribution in [-0.4, -0.2) is 34.1 Å². The molecule has 9 nitrogen and oxygen atoms in total. The van der Waals surface area contributed by atoms with Crippen LogP contribution in [0, 0.1) is 0 Å². The van der Waals surface area contributed by atoms with Crippen LogP contribution in [0.15, 0.2) is 112 Å². The average molecular weight is 518 g/mol. The Labute approximate surface area is 222 Å². The predicted octanol–water partition coefficient (Wildman–Crippen LogP) is 4.83. The van der Waals surface area contributed by atoms with Gasteiger partial charge >= 0.3 is 0 Å². The van der Waals surface area contributed by atoms with Gasteiger partial charge in [-0.05, 0) is 72.8 Å². The zero-order valence-corrected chi connectivity index (χ0v) is 21.2. The Hall–Kier alpha value is -5.44. The second-order valence-corrected chi connectivity index (χ2v) is 8.71. The van der Waals surface area contributed by atoms with Crippen LogP contribution < -0.4 is 25.9 Å². The fourth-order valence-electron chi connectivity index (χ4n) is 4.46. The number of fused-ring (bicyclic) bond motifs is 3. The van der Waals surface area contributed by atoms with Gasteiger partial charge in [0.05, 0.1) is 41.7 Å². The lowest BCUT2D eigenvalue weighted by Crippen LogP contribution is -2.34. The number of para-hydroxylation sites is 2. The SMILES string of the molecule is COc1ccc(N=C(Nc2ccc(OC)cc2)n2c3ccccc3c(=O)n3c(=O)c4ccccc4nc23)cc1. The van der Waals surface area contributed by atoms with Crippen LogP contribution in [0.1, 0.15) is 0 Å². The molecule has 0 aliphatic heterocycles. The molecule has 6 rings (SSSR count). The summed E-state index contributed by atoms with van der Waals surface area (Å²) in [6, 6.07) is 28.6. The Bertz CT molecular complexity index is 1980. The van der Waals surface area contributed by atoms with Crippen LogP contribution in [0.3, 0.4) is 0 Å². The van der Waals surface area contributed by atoms with Gasteiger partial charge in [0.1, 0.15) is 11.5 Å². The molecule has 0 saturated heterocycles. The number of hydrogen-bond donors (Lipinski definition) is 1. The summed E-state index contributed by atoms with van der Waals surface area (Å²) >= 11 is 0. The van der Waals surface area contributed by atoms with E-state index in [0.29, 0.717) is 50.6 Å². The molecule has 0 fully saturated rings. The van der Waals surface area contributed by atoms with Gasteiger partial charge in [0, 0.05) is 5.69 Å². The van der Waals surface area contributed by atoms with E-state index in [1.165, 1.54) is 0 Å². The van der Waals surface area contributed by atoms with Crippen LogP contribution in [0.25, 0.3) is 27.6 Å². The first-order valence-electron chi connectivity index (χ1n) is 12.2. The highest BCUT2D eigenvalue weighted by atomic mass is 16.5. The summed E-state index contributed by atoms with van der Waals surface area (Å²) in [5.41, 5.74) is 1.45. The maximum absolute atomic E-state index is 13.6. The molecule has 6 aromatic rings.